The van der Waals surface area contributed by atoms with Crippen molar-refractivity contribution in [2.75, 3.05) is 25.4 Å². The van der Waals surface area contributed by atoms with Crippen LogP contribution in [0.25, 0.3) is 0 Å². The van der Waals surface area contributed by atoms with Gasteiger partial charge >= 0.3 is 6.09 Å². The van der Waals surface area contributed by atoms with Crippen molar-refractivity contribution in [1.82, 2.24) is 4.90 Å². The lowest BCUT2D eigenvalue weighted by atomic mass is 9.84. The van der Waals surface area contributed by atoms with Gasteiger partial charge in [0.1, 0.15) is 5.60 Å². The minimum atomic E-state index is -3.22. The summed E-state index contributed by atoms with van der Waals surface area (Å²) >= 11 is 0. The summed E-state index contributed by atoms with van der Waals surface area (Å²) in [5, 5.41) is 9.57. The van der Waals surface area contributed by atoms with Crippen molar-refractivity contribution in [3.05, 3.63) is 0 Å². The molecule has 0 radical (unpaired) electrons. The Balaban J connectivity index is 2.14. The molecule has 2 aliphatic rings. The highest BCUT2D eigenvalue weighted by Gasteiger charge is 2.54. The summed E-state index contributed by atoms with van der Waals surface area (Å²) < 4.78 is 29.6. The molecular formula is C15H27NO5S. The molecule has 2 heterocycles. The molecule has 0 aliphatic carbocycles. The van der Waals surface area contributed by atoms with Gasteiger partial charge in [-0.1, -0.05) is 0 Å². The quantitative estimate of drug-likeness (QED) is 0.787. The normalized spacial score (nSPS) is 32.0. The molecule has 2 unspecified atom stereocenters. The Labute approximate surface area is 132 Å². The first kappa shape index (κ1) is 17.5. The van der Waals surface area contributed by atoms with Crippen LogP contribution in [0.1, 0.15) is 46.5 Å². The Kier molecular flexibility index (Phi) is 4.78. The highest BCUT2D eigenvalue weighted by Crippen LogP contribution is 2.45. The highest BCUT2D eigenvalue weighted by atomic mass is 32.2. The van der Waals surface area contributed by atoms with E-state index in [0.29, 0.717) is 38.8 Å². The van der Waals surface area contributed by atoms with E-state index in [9.17, 15) is 18.3 Å². The largest absolute Gasteiger partial charge is 0.444 e. The van der Waals surface area contributed by atoms with Crippen LogP contribution in [0.4, 0.5) is 4.79 Å². The van der Waals surface area contributed by atoms with E-state index in [4.69, 9.17) is 4.74 Å². The van der Waals surface area contributed by atoms with Crippen molar-refractivity contribution in [1.29, 1.82) is 0 Å². The van der Waals surface area contributed by atoms with Crippen LogP contribution in [0.5, 0.6) is 0 Å². The third-order valence-corrected chi connectivity index (χ3v) is 7.56. The fraction of sp³-hybridized carbons (Fsp3) is 0.933. The van der Waals surface area contributed by atoms with E-state index < -0.39 is 20.2 Å². The lowest BCUT2D eigenvalue weighted by Gasteiger charge is -2.32. The van der Waals surface area contributed by atoms with Crippen molar-refractivity contribution in [2.24, 2.45) is 5.92 Å². The topological polar surface area (TPSA) is 83.9 Å². The lowest BCUT2D eigenvalue weighted by molar-refractivity contribution is 0.0254. The Hall–Kier alpha value is -0.820. The van der Waals surface area contributed by atoms with Crippen molar-refractivity contribution in [3.63, 3.8) is 0 Å². The predicted octanol–water partition coefficient (Wildman–Crippen LogP) is 1.57. The average Bonchev–Trinajstić information content (AvgIpc) is 2.54. The Morgan fingerprint density at radius 1 is 1.32 bits per heavy atom. The fourth-order valence-electron chi connectivity index (χ4n) is 3.63. The van der Waals surface area contributed by atoms with E-state index in [1.54, 1.807) is 4.90 Å². The third kappa shape index (κ3) is 3.25. The van der Waals surface area contributed by atoms with E-state index in [1.807, 2.05) is 20.8 Å². The molecule has 22 heavy (non-hydrogen) atoms. The first-order chi connectivity index (χ1) is 10.1. The molecule has 2 saturated heterocycles. The molecule has 6 nitrogen and oxygen atoms in total. The number of carbonyl (C=O) groups excluding carboxylic acids is 1. The second-order valence-electron chi connectivity index (χ2n) is 7.37. The van der Waals surface area contributed by atoms with Gasteiger partial charge in [0, 0.05) is 25.6 Å². The second-order valence-corrected chi connectivity index (χ2v) is 9.82. The molecule has 0 aromatic rings. The summed E-state index contributed by atoms with van der Waals surface area (Å²) in [6.45, 7) is 6.20. The summed E-state index contributed by atoms with van der Waals surface area (Å²) in [5.41, 5.74) is -0.561. The molecule has 7 heteroatoms. The zero-order valence-corrected chi connectivity index (χ0v) is 14.5. The van der Waals surface area contributed by atoms with Crippen molar-refractivity contribution >= 4 is 15.9 Å². The summed E-state index contributed by atoms with van der Waals surface area (Å²) in [6, 6.07) is 0. The average molecular weight is 333 g/mol. The molecule has 1 amide bonds. The van der Waals surface area contributed by atoms with Gasteiger partial charge in [-0.2, -0.15) is 0 Å². The lowest BCUT2D eigenvalue weighted by Crippen LogP contribution is -2.43. The Bertz CT molecular complexity index is 525. The number of amides is 1. The zero-order valence-electron chi connectivity index (χ0n) is 13.7. The number of nitrogens with zero attached hydrogens (tertiary/aromatic N) is 1. The zero-order chi connectivity index (χ0) is 16.6. The van der Waals surface area contributed by atoms with Crippen molar-refractivity contribution in [2.45, 2.75) is 56.8 Å². The maximum atomic E-state index is 12.5. The van der Waals surface area contributed by atoms with Crippen LogP contribution in [0.15, 0.2) is 0 Å². The van der Waals surface area contributed by atoms with E-state index in [1.165, 1.54) is 0 Å². The molecule has 1 spiro atoms. The summed E-state index contributed by atoms with van der Waals surface area (Å²) in [5.74, 6) is -0.0684. The van der Waals surface area contributed by atoms with Crippen LogP contribution >= 0.6 is 0 Å². The summed E-state index contributed by atoms with van der Waals surface area (Å²) in [6.07, 6.45) is 1.65. The minimum absolute atomic E-state index is 0.105. The van der Waals surface area contributed by atoms with Crippen LogP contribution < -0.4 is 0 Å². The molecule has 0 saturated carbocycles. The number of rotatable bonds is 1. The van der Waals surface area contributed by atoms with Gasteiger partial charge in [0.15, 0.2) is 9.84 Å². The van der Waals surface area contributed by atoms with Crippen molar-refractivity contribution < 1.29 is 23.1 Å². The van der Waals surface area contributed by atoms with Crippen LogP contribution in [0, 0.1) is 5.92 Å². The molecule has 2 aliphatic heterocycles. The number of hydrogen-bond acceptors (Lipinski definition) is 5. The van der Waals surface area contributed by atoms with Gasteiger partial charge in [0.05, 0.1) is 10.5 Å². The van der Waals surface area contributed by atoms with Gasteiger partial charge in [-0.05, 0) is 46.5 Å². The standard InChI is InChI=1S/C15H27NO5S/c1-14(2,3)21-13(18)16-8-4-6-15(7-9-16)12(11-17)5-10-22(15,19)20/h12,17H,4-11H2,1-3H3. The van der Waals surface area contributed by atoms with E-state index >= 15 is 0 Å². The van der Waals surface area contributed by atoms with Gasteiger partial charge in [-0.25, -0.2) is 13.2 Å². The van der Waals surface area contributed by atoms with E-state index in [0.717, 1.165) is 0 Å². The number of hydrogen-bond donors (Lipinski definition) is 1. The van der Waals surface area contributed by atoms with Gasteiger partial charge in [-0.15, -0.1) is 0 Å². The molecular weight excluding hydrogens is 306 g/mol. The van der Waals surface area contributed by atoms with Crippen LogP contribution in [0.3, 0.4) is 0 Å². The Morgan fingerprint density at radius 2 is 2.00 bits per heavy atom. The summed E-state index contributed by atoms with van der Waals surface area (Å²) in [4.78, 5) is 13.8. The highest BCUT2D eigenvalue weighted by molar-refractivity contribution is 7.93. The van der Waals surface area contributed by atoms with Crippen LogP contribution in [0.2, 0.25) is 0 Å². The monoisotopic (exact) mass is 333 g/mol. The Morgan fingerprint density at radius 3 is 2.59 bits per heavy atom. The molecule has 2 fully saturated rings. The smallest absolute Gasteiger partial charge is 0.410 e. The van der Waals surface area contributed by atoms with Crippen LogP contribution in [-0.4, -0.2) is 60.3 Å². The van der Waals surface area contributed by atoms with Crippen LogP contribution in [-0.2, 0) is 14.6 Å². The second kappa shape index (κ2) is 6.00. The van der Waals surface area contributed by atoms with E-state index in [-0.39, 0.29) is 24.4 Å². The molecule has 128 valence electrons. The molecule has 2 rings (SSSR count). The number of aliphatic hydroxyl groups is 1. The number of aliphatic hydroxyl groups excluding tert-OH is 1. The van der Waals surface area contributed by atoms with Crippen molar-refractivity contribution in [3.8, 4) is 0 Å². The van der Waals surface area contributed by atoms with Gasteiger partial charge in [0.2, 0.25) is 0 Å². The number of ether oxygens (including phenoxy) is 1. The third-order valence-electron chi connectivity index (χ3n) is 4.80. The molecule has 0 bridgehead atoms. The van der Waals surface area contributed by atoms with Gasteiger partial charge < -0.3 is 14.7 Å². The fourth-order valence-corrected chi connectivity index (χ4v) is 6.19. The summed E-state index contributed by atoms with van der Waals surface area (Å²) in [7, 11) is -3.22. The molecule has 0 aromatic carbocycles. The first-order valence-electron chi connectivity index (χ1n) is 7.92. The molecule has 0 aromatic heterocycles. The molecule has 1 N–H and O–H groups in total. The number of sulfone groups is 1. The SMILES string of the molecule is CC(C)(C)OC(=O)N1CCCC2(CC1)C(CO)CCS2(=O)=O. The van der Waals surface area contributed by atoms with E-state index in [2.05, 4.69) is 0 Å². The van der Waals surface area contributed by atoms with Gasteiger partial charge in [-0.3, -0.25) is 0 Å². The molecule has 2 atom stereocenters. The maximum absolute atomic E-state index is 12.5. The number of carbonyl (C=O) groups is 1. The first-order valence-corrected chi connectivity index (χ1v) is 9.58. The minimum Gasteiger partial charge on any atom is -0.444 e. The maximum Gasteiger partial charge on any atom is 0.410 e. The van der Waals surface area contributed by atoms with Gasteiger partial charge in [0.25, 0.3) is 0 Å². The number of likely N-dealkylation sites (tertiary alicyclic amines) is 1. The predicted molar refractivity (Wildman–Crippen MR) is 83.4 cm³/mol.